The average molecular weight is 370 g/mol. The lowest BCUT2D eigenvalue weighted by atomic mass is 9.98. The van der Waals surface area contributed by atoms with Gasteiger partial charge in [0, 0.05) is 17.5 Å². The van der Waals surface area contributed by atoms with Gasteiger partial charge in [-0.25, -0.2) is 4.79 Å². The fourth-order valence-electron chi connectivity index (χ4n) is 2.70. The Balaban J connectivity index is 0.00000312. The lowest BCUT2D eigenvalue weighted by Gasteiger charge is -2.21. The topological polar surface area (TPSA) is 99.8 Å². The van der Waals surface area contributed by atoms with Gasteiger partial charge in [0.25, 0.3) is 0 Å². The van der Waals surface area contributed by atoms with E-state index in [0.717, 1.165) is 10.9 Å². The minimum atomic E-state index is -0.947. The van der Waals surface area contributed by atoms with Gasteiger partial charge in [0.15, 0.2) is 0 Å². The van der Waals surface area contributed by atoms with Gasteiger partial charge in [-0.3, -0.25) is 10.1 Å². The highest BCUT2D eigenvalue weighted by Gasteiger charge is 2.24. The Kier molecular flexibility index (Phi) is 7.02. The van der Waals surface area contributed by atoms with E-state index < -0.39 is 17.6 Å². The molecule has 0 spiro atoms. The number of phenols is 1. The summed E-state index contributed by atoms with van der Waals surface area (Å²) < 4.78 is 5.36. The van der Waals surface area contributed by atoms with Gasteiger partial charge < -0.3 is 14.6 Å². The largest absolute Gasteiger partial charge is 0.507 e. The van der Waals surface area contributed by atoms with Crippen LogP contribution in [0.15, 0.2) is 21.3 Å². The molecule has 0 saturated carbocycles. The van der Waals surface area contributed by atoms with E-state index in [1.54, 1.807) is 13.0 Å². The van der Waals surface area contributed by atoms with Crippen molar-refractivity contribution in [1.82, 2.24) is 5.32 Å². The monoisotopic (exact) mass is 369 g/mol. The molecule has 0 unspecified atom stereocenters. The van der Waals surface area contributed by atoms with Crippen molar-refractivity contribution in [2.24, 2.45) is 5.92 Å². The van der Waals surface area contributed by atoms with Crippen molar-refractivity contribution in [2.75, 3.05) is 0 Å². The summed E-state index contributed by atoms with van der Waals surface area (Å²) >= 11 is 0. The number of aryl methyl sites for hydroxylation is 1. The van der Waals surface area contributed by atoms with E-state index in [4.69, 9.17) is 4.42 Å². The molecule has 0 radical (unpaired) electrons. The molecule has 3 N–H and O–H groups in total. The summed E-state index contributed by atoms with van der Waals surface area (Å²) in [6.45, 7) is 7.37. The van der Waals surface area contributed by atoms with E-state index in [-0.39, 0.29) is 30.6 Å². The van der Waals surface area contributed by atoms with Crippen molar-refractivity contribution in [1.29, 1.82) is 0 Å². The molecular formula is C18H24ClNO5. The lowest BCUT2D eigenvalue weighted by Crippen LogP contribution is -2.41. The van der Waals surface area contributed by atoms with E-state index >= 15 is 0 Å². The van der Waals surface area contributed by atoms with Crippen LogP contribution in [0.5, 0.6) is 5.75 Å². The number of carboxylic acids is 1. The van der Waals surface area contributed by atoms with Crippen LogP contribution in [-0.4, -0.2) is 22.2 Å². The first-order chi connectivity index (χ1) is 11.3. The third-order valence-electron chi connectivity index (χ3n) is 4.68. The number of phenolic OH excluding ortho intramolecular Hbond substituents is 1. The van der Waals surface area contributed by atoms with Crippen molar-refractivity contribution >= 4 is 29.3 Å². The van der Waals surface area contributed by atoms with Crippen LogP contribution in [0, 0.1) is 19.8 Å². The Morgan fingerprint density at radius 1 is 1.28 bits per heavy atom. The van der Waals surface area contributed by atoms with Gasteiger partial charge in [-0.2, -0.15) is 0 Å². The molecule has 0 amide bonds. The second-order valence-electron chi connectivity index (χ2n) is 6.16. The summed E-state index contributed by atoms with van der Waals surface area (Å²) in [5, 5.41) is 23.2. The standard InChI is InChI=1S/C18H23NO5.ClH/c1-5-9(2)15(17(21)22)19-8-13-14(20)7-6-12-10(3)11(4)18(23)24-16(12)13;/h6-7,9,15,19-20H,5,8H2,1-4H3,(H,21,22);1H/t9-,15-;/m1./s1. The van der Waals surface area contributed by atoms with Gasteiger partial charge in [-0.1, -0.05) is 20.3 Å². The molecule has 2 rings (SSSR count). The molecule has 1 aromatic carbocycles. The highest BCUT2D eigenvalue weighted by atomic mass is 35.5. The molecule has 138 valence electrons. The van der Waals surface area contributed by atoms with Gasteiger partial charge in [-0.05, 0) is 37.5 Å². The summed E-state index contributed by atoms with van der Waals surface area (Å²) in [5.41, 5.74) is 1.55. The number of hydrogen-bond donors (Lipinski definition) is 3. The van der Waals surface area contributed by atoms with Gasteiger partial charge in [-0.15, -0.1) is 12.4 Å². The van der Waals surface area contributed by atoms with Gasteiger partial charge in [0.1, 0.15) is 17.4 Å². The number of carbonyl (C=O) groups is 1. The summed E-state index contributed by atoms with van der Waals surface area (Å²) in [6.07, 6.45) is 0.707. The number of carboxylic acid groups (broad SMARTS) is 1. The average Bonchev–Trinajstić information content (AvgIpc) is 2.54. The van der Waals surface area contributed by atoms with Crippen LogP contribution >= 0.6 is 12.4 Å². The quantitative estimate of drug-likeness (QED) is 0.676. The zero-order valence-electron chi connectivity index (χ0n) is 14.8. The van der Waals surface area contributed by atoms with E-state index in [0.29, 0.717) is 23.1 Å². The van der Waals surface area contributed by atoms with Crippen LogP contribution in [0.25, 0.3) is 11.0 Å². The van der Waals surface area contributed by atoms with Crippen LogP contribution in [0.3, 0.4) is 0 Å². The predicted octanol–water partition coefficient (Wildman–Crippen LogP) is 3.13. The van der Waals surface area contributed by atoms with Crippen molar-refractivity contribution in [2.45, 2.75) is 46.7 Å². The number of halogens is 1. The Hall–Kier alpha value is -2.05. The first-order valence-electron chi connectivity index (χ1n) is 7.98. The van der Waals surface area contributed by atoms with Crippen LogP contribution in [0.2, 0.25) is 0 Å². The van der Waals surface area contributed by atoms with E-state index in [2.05, 4.69) is 5.32 Å². The fraction of sp³-hybridized carbons (Fsp3) is 0.444. The Labute approximate surface area is 152 Å². The summed E-state index contributed by atoms with van der Waals surface area (Å²) in [4.78, 5) is 23.4. The zero-order chi connectivity index (χ0) is 18.0. The smallest absolute Gasteiger partial charge is 0.339 e. The molecule has 1 heterocycles. The van der Waals surface area contributed by atoms with E-state index in [9.17, 15) is 19.8 Å². The summed E-state index contributed by atoms with van der Waals surface area (Å²) in [7, 11) is 0. The molecular weight excluding hydrogens is 346 g/mol. The van der Waals surface area contributed by atoms with Crippen molar-refractivity contribution in [3.8, 4) is 5.75 Å². The Morgan fingerprint density at radius 3 is 2.48 bits per heavy atom. The lowest BCUT2D eigenvalue weighted by molar-refractivity contribution is -0.140. The molecule has 0 bridgehead atoms. The second-order valence-corrected chi connectivity index (χ2v) is 6.16. The molecule has 1 aromatic heterocycles. The SMILES string of the molecule is CC[C@@H](C)[C@@H](NCc1c(O)ccc2c(C)c(C)c(=O)oc12)C(=O)O.Cl. The summed E-state index contributed by atoms with van der Waals surface area (Å²) in [6, 6.07) is 2.48. The molecule has 0 fully saturated rings. The molecule has 7 heteroatoms. The second kappa shape index (κ2) is 8.36. The number of fused-ring (bicyclic) bond motifs is 1. The summed E-state index contributed by atoms with van der Waals surface area (Å²) in [5.74, 6) is -1.05. The number of hydrogen-bond acceptors (Lipinski definition) is 5. The molecule has 2 atom stereocenters. The normalized spacial score (nSPS) is 13.3. The maximum absolute atomic E-state index is 12.0. The molecule has 6 nitrogen and oxygen atoms in total. The zero-order valence-corrected chi connectivity index (χ0v) is 15.6. The van der Waals surface area contributed by atoms with Gasteiger partial charge >= 0.3 is 11.6 Å². The first kappa shape index (κ1) is 21.0. The number of nitrogens with one attached hydrogen (secondary N) is 1. The van der Waals surface area contributed by atoms with E-state index in [1.807, 2.05) is 20.8 Å². The molecule has 0 aliphatic heterocycles. The van der Waals surface area contributed by atoms with Crippen molar-refractivity contribution < 1.29 is 19.4 Å². The van der Waals surface area contributed by atoms with Crippen molar-refractivity contribution in [3.63, 3.8) is 0 Å². The number of aliphatic carboxylic acids is 1. The minimum absolute atomic E-state index is 0. The van der Waals surface area contributed by atoms with Crippen LogP contribution < -0.4 is 10.9 Å². The molecule has 0 aliphatic rings. The molecule has 0 saturated heterocycles. The highest BCUT2D eigenvalue weighted by molar-refractivity contribution is 5.86. The molecule has 0 aliphatic carbocycles. The first-order valence-corrected chi connectivity index (χ1v) is 7.98. The number of benzene rings is 1. The number of aromatic hydroxyl groups is 1. The maximum atomic E-state index is 12.0. The fourth-order valence-corrected chi connectivity index (χ4v) is 2.70. The highest BCUT2D eigenvalue weighted by Crippen LogP contribution is 2.29. The molecule has 25 heavy (non-hydrogen) atoms. The van der Waals surface area contributed by atoms with Crippen molar-refractivity contribution in [3.05, 3.63) is 39.2 Å². The maximum Gasteiger partial charge on any atom is 0.339 e. The third kappa shape index (κ3) is 4.14. The van der Waals surface area contributed by atoms with Gasteiger partial charge in [0.2, 0.25) is 0 Å². The molecule has 2 aromatic rings. The Morgan fingerprint density at radius 2 is 1.92 bits per heavy atom. The Bertz CT molecular complexity index is 830. The van der Waals surface area contributed by atoms with Gasteiger partial charge in [0.05, 0.1) is 5.56 Å². The minimum Gasteiger partial charge on any atom is -0.507 e. The predicted molar refractivity (Wildman–Crippen MR) is 98.6 cm³/mol. The van der Waals surface area contributed by atoms with Crippen LogP contribution in [0.4, 0.5) is 0 Å². The third-order valence-corrected chi connectivity index (χ3v) is 4.68. The number of rotatable bonds is 6. The van der Waals surface area contributed by atoms with Crippen LogP contribution in [-0.2, 0) is 11.3 Å². The van der Waals surface area contributed by atoms with E-state index in [1.165, 1.54) is 6.07 Å². The van der Waals surface area contributed by atoms with Crippen LogP contribution in [0.1, 0.15) is 37.0 Å².